The third kappa shape index (κ3) is 58.1. The first kappa shape index (κ1) is 26.1. The van der Waals surface area contributed by atoms with Gasteiger partial charge >= 0.3 is 50.4 Å². The molecule has 0 radical (unpaired) electrons. The van der Waals surface area contributed by atoms with Gasteiger partial charge in [-0.15, -0.1) is 13.2 Å². The van der Waals surface area contributed by atoms with Crippen molar-refractivity contribution >= 4 is 20.2 Å². The fourth-order valence-electron chi connectivity index (χ4n) is 0.445. The molecular formula is C8H18Cl2Cu2N2O2-2. The average Bonchev–Trinajstić information content (AvgIpc) is 2.39. The summed E-state index contributed by atoms with van der Waals surface area (Å²) < 4.78 is 0. The van der Waals surface area contributed by atoms with Crippen molar-refractivity contribution in [1.29, 1.82) is 0 Å². The van der Waals surface area contributed by atoms with E-state index in [4.69, 9.17) is 0 Å². The van der Waals surface area contributed by atoms with Gasteiger partial charge in [0.25, 0.3) is 0 Å². The van der Waals surface area contributed by atoms with E-state index in [2.05, 4.69) is 61.0 Å². The van der Waals surface area contributed by atoms with Gasteiger partial charge in [0.1, 0.15) is 0 Å². The zero-order chi connectivity index (χ0) is 13.7. The SMILES string of the molecule is C[N-]CCC[O-].C[N-]CCC[O-].[Cl][Cu+].[Cl][Cu+]. The first-order chi connectivity index (χ1) is 7.83. The number of hydrogen-bond acceptors (Lipinski definition) is 2. The molecule has 16 heavy (non-hydrogen) atoms. The summed E-state index contributed by atoms with van der Waals surface area (Å²) in [7, 11) is 11.8. The van der Waals surface area contributed by atoms with Crippen LogP contribution in [0.5, 0.6) is 0 Å². The summed E-state index contributed by atoms with van der Waals surface area (Å²) in [6, 6.07) is 0. The topological polar surface area (TPSA) is 74.3 Å². The Kier molecular flexibility index (Phi) is 71.7. The van der Waals surface area contributed by atoms with Crippen LogP contribution >= 0.6 is 20.2 Å². The third-order valence-corrected chi connectivity index (χ3v) is 1.05. The predicted molar refractivity (Wildman–Crippen MR) is 59.0 cm³/mol. The maximum atomic E-state index is 9.63. The van der Waals surface area contributed by atoms with Gasteiger partial charge in [-0.05, 0) is 0 Å². The van der Waals surface area contributed by atoms with Gasteiger partial charge in [0.2, 0.25) is 0 Å². The summed E-state index contributed by atoms with van der Waals surface area (Å²) in [5.74, 6) is 0. The van der Waals surface area contributed by atoms with Crippen LogP contribution in [0.1, 0.15) is 12.8 Å². The molecule has 0 aromatic heterocycles. The third-order valence-electron chi connectivity index (χ3n) is 1.05. The number of rotatable bonds is 6. The first-order valence-corrected chi connectivity index (χ1v) is 6.92. The molecule has 0 N–H and O–H groups in total. The van der Waals surface area contributed by atoms with Gasteiger partial charge in [-0.1, -0.05) is 12.8 Å². The Labute approximate surface area is 124 Å². The maximum absolute atomic E-state index is 9.63. The van der Waals surface area contributed by atoms with Crippen LogP contribution in [0.2, 0.25) is 0 Å². The van der Waals surface area contributed by atoms with Gasteiger partial charge in [0.05, 0.1) is 0 Å². The summed E-state index contributed by atoms with van der Waals surface area (Å²) in [6.07, 6.45) is 1.38. The van der Waals surface area contributed by atoms with Gasteiger partial charge in [0.15, 0.2) is 0 Å². The Morgan fingerprint density at radius 3 is 1.12 bits per heavy atom. The molecule has 0 unspecified atom stereocenters. The van der Waals surface area contributed by atoms with Gasteiger partial charge in [0, 0.05) is 0 Å². The fraction of sp³-hybridized carbons (Fsp3) is 1.00. The van der Waals surface area contributed by atoms with Crippen molar-refractivity contribution in [3.05, 3.63) is 10.6 Å². The van der Waals surface area contributed by atoms with E-state index in [0.29, 0.717) is 12.8 Å². The van der Waals surface area contributed by atoms with Gasteiger partial charge in [-0.2, -0.15) is 27.2 Å². The second kappa shape index (κ2) is 44.0. The Hall–Kier alpha value is 1.46. The van der Waals surface area contributed by atoms with Crippen molar-refractivity contribution in [2.45, 2.75) is 12.8 Å². The van der Waals surface area contributed by atoms with Crippen LogP contribution in [0.25, 0.3) is 10.6 Å². The second-order valence-corrected chi connectivity index (χ2v) is 2.20. The fourth-order valence-corrected chi connectivity index (χ4v) is 0.445. The van der Waals surface area contributed by atoms with E-state index in [1.165, 1.54) is 0 Å². The molecule has 8 heteroatoms. The minimum atomic E-state index is 0.0112. The van der Waals surface area contributed by atoms with Crippen LogP contribution in [0.15, 0.2) is 0 Å². The molecule has 0 heterocycles. The average molecular weight is 372 g/mol. The van der Waals surface area contributed by atoms with Gasteiger partial charge in [-0.25, -0.2) is 0 Å². The number of halogens is 2. The Bertz CT molecular complexity index is 64.0. The molecule has 0 saturated carbocycles. The molecule has 0 atom stereocenters. The van der Waals surface area contributed by atoms with Crippen LogP contribution in [0.3, 0.4) is 0 Å². The summed E-state index contributed by atoms with van der Waals surface area (Å²) in [5, 5.41) is 26.7. The summed E-state index contributed by atoms with van der Waals surface area (Å²) >= 11 is 7.32. The molecule has 0 amide bonds. The van der Waals surface area contributed by atoms with Gasteiger partial charge in [-0.3, -0.25) is 0 Å². The van der Waals surface area contributed by atoms with E-state index < -0.39 is 0 Å². The normalized spacial score (nSPS) is 7.62. The molecule has 0 aromatic rings. The van der Waals surface area contributed by atoms with Crippen molar-refractivity contribution in [3.63, 3.8) is 0 Å². The van der Waals surface area contributed by atoms with E-state index in [9.17, 15) is 10.2 Å². The van der Waals surface area contributed by atoms with Crippen molar-refractivity contribution in [1.82, 2.24) is 0 Å². The minimum absolute atomic E-state index is 0.0112. The Balaban J connectivity index is -0.0000000686. The van der Waals surface area contributed by atoms with Crippen molar-refractivity contribution < 1.29 is 40.4 Å². The molecule has 110 valence electrons. The van der Waals surface area contributed by atoms with Crippen molar-refractivity contribution in [2.24, 2.45) is 0 Å². The van der Waals surface area contributed by atoms with Crippen LogP contribution in [-0.4, -0.2) is 40.4 Å². The number of hydrogen-bond donors (Lipinski definition) is 0. The predicted octanol–water partition coefficient (Wildman–Crippen LogP) is 0.855. The van der Waals surface area contributed by atoms with Crippen LogP contribution in [0, 0.1) is 0 Å². The van der Waals surface area contributed by atoms with E-state index >= 15 is 0 Å². The number of nitrogens with zero attached hydrogens (tertiary/aromatic N) is 2. The van der Waals surface area contributed by atoms with Gasteiger partial charge < -0.3 is 20.8 Å². The van der Waals surface area contributed by atoms with E-state index in [0.717, 1.165) is 13.1 Å². The summed E-state index contributed by atoms with van der Waals surface area (Å²) in [6.45, 7) is 1.47. The zero-order valence-electron chi connectivity index (χ0n) is 9.31. The quantitative estimate of drug-likeness (QED) is 0.512. The molecule has 0 saturated heterocycles. The summed E-state index contributed by atoms with van der Waals surface area (Å²) in [5.41, 5.74) is 0. The van der Waals surface area contributed by atoms with Crippen LogP contribution in [-0.2, 0) is 30.2 Å². The summed E-state index contributed by atoms with van der Waals surface area (Å²) in [4.78, 5) is 0. The molecule has 0 aromatic carbocycles. The molecule has 0 aliphatic rings. The van der Waals surface area contributed by atoms with E-state index in [1.807, 2.05) is 0 Å². The first-order valence-electron chi connectivity index (χ1n) is 4.33. The Morgan fingerprint density at radius 1 is 0.812 bits per heavy atom. The molecular weight excluding hydrogens is 354 g/mol. The zero-order valence-corrected chi connectivity index (χ0v) is 12.7. The van der Waals surface area contributed by atoms with Crippen molar-refractivity contribution in [2.75, 3.05) is 40.4 Å². The second-order valence-electron chi connectivity index (χ2n) is 2.20. The molecule has 0 aliphatic carbocycles. The molecule has 0 aliphatic heterocycles. The van der Waals surface area contributed by atoms with E-state index in [1.54, 1.807) is 14.1 Å². The molecule has 0 fully saturated rings. The molecule has 0 spiro atoms. The monoisotopic (exact) mass is 370 g/mol. The molecule has 0 bridgehead atoms. The molecule has 4 nitrogen and oxygen atoms in total. The van der Waals surface area contributed by atoms with Crippen molar-refractivity contribution in [3.8, 4) is 0 Å². The Morgan fingerprint density at radius 2 is 1.06 bits per heavy atom. The van der Waals surface area contributed by atoms with Crippen LogP contribution in [0.4, 0.5) is 0 Å². The molecule has 0 rings (SSSR count). The van der Waals surface area contributed by atoms with E-state index in [-0.39, 0.29) is 13.2 Å². The van der Waals surface area contributed by atoms with Crippen LogP contribution < -0.4 is 10.2 Å². The standard InChI is InChI=1S/2C4H9NO.2ClH.2Cu/c2*1-5-3-2-4-6;;;;/h2*2-4H2,1H3;2*1H;;/q2*-2;;;2*+2/p-2.